The molecule has 6 heteroatoms. The molecule has 1 aliphatic heterocycles. The first-order valence-electron chi connectivity index (χ1n) is 5.43. The molecular weight excluding hydrogens is 238 g/mol. The third kappa shape index (κ3) is 2.80. The topological polar surface area (TPSA) is 62.0 Å². The zero-order valence-electron chi connectivity index (χ0n) is 9.42. The highest BCUT2D eigenvalue weighted by atomic mass is 35.5. The van der Waals surface area contributed by atoms with Crippen molar-refractivity contribution in [3.8, 4) is 0 Å². The van der Waals surface area contributed by atoms with Crippen LogP contribution < -0.4 is 10.9 Å². The fourth-order valence-electron chi connectivity index (χ4n) is 1.84. The van der Waals surface area contributed by atoms with Gasteiger partial charge in [0.2, 0.25) is 5.91 Å². The van der Waals surface area contributed by atoms with Gasteiger partial charge in [-0.05, 0) is 18.6 Å². The Labute approximate surface area is 104 Å². The van der Waals surface area contributed by atoms with Crippen LogP contribution in [-0.4, -0.2) is 24.8 Å². The third-order valence-corrected chi connectivity index (χ3v) is 3.06. The third-order valence-electron chi connectivity index (χ3n) is 2.77. The first-order valence-corrected chi connectivity index (χ1v) is 5.81. The summed E-state index contributed by atoms with van der Waals surface area (Å²) in [6.07, 6.45) is 3.31. The maximum Gasteiger partial charge on any atom is 0.267 e. The van der Waals surface area contributed by atoms with E-state index < -0.39 is 0 Å². The number of carbonyl (C=O) groups is 1. The number of H-pyrrole nitrogens is 1. The van der Waals surface area contributed by atoms with Gasteiger partial charge in [-0.25, -0.2) is 0 Å². The number of aromatic amines is 1. The van der Waals surface area contributed by atoms with Crippen molar-refractivity contribution >= 4 is 30.8 Å². The van der Waals surface area contributed by atoms with Gasteiger partial charge < -0.3 is 10.3 Å². The summed E-state index contributed by atoms with van der Waals surface area (Å²) in [7, 11) is 1.89. The van der Waals surface area contributed by atoms with Crippen molar-refractivity contribution in [2.75, 3.05) is 0 Å². The first kappa shape index (κ1) is 12.0. The number of carbonyl (C=O) groups excluding carboxylic acids is 1. The van der Waals surface area contributed by atoms with Gasteiger partial charge in [0.15, 0.2) is 0 Å². The Bertz CT molecular complexity index is 539. The van der Waals surface area contributed by atoms with Gasteiger partial charge in [0.05, 0.1) is 0 Å². The summed E-state index contributed by atoms with van der Waals surface area (Å²) in [4.78, 5) is 25.1. The van der Waals surface area contributed by atoms with E-state index in [9.17, 15) is 9.59 Å². The minimum absolute atomic E-state index is 0.0571. The second-order valence-electron chi connectivity index (χ2n) is 4.11. The van der Waals surface area contributed by atoms with Crippen LogP contribution in [0.15, 0.2) is 23.0 Å². The lowest BCUT2D eigenvalue weighted by molar-refractivity contribution is -0.119. The van der Waals surface area contributed by atoms with E-state index in [0.29, 0.717) is 6.42 Å². The standard InChI is InChI=1S/C11H12BClN2O2/c12-7(5-6-1-4-10(16)14-6)9-3-2-8(13)11(17)15-9/h2-3,5-6H,1,4,12H2,(H,14,16)(H,15,17)/b7-5-/t6-/m1/s1. The fraction of sp³-hybridized carbons (Fsp3) is 0.273. The maximum absolute atomic E-state index is 11.3. The molecule has 1 atom stereocenters. The second kappa shape index (κ2) is 4.79. The molecule has 0 saturated carbocycles. The minimum Gasteiger partial charge on any atom is -0.350 e. The van der Waals surface area contributed by atoms with Crippen molar-refractivity contribution in [3.05, 3.63) is 39.3 Å². The molecule has 1 aromatic heterocycles. The number of aromatic nitrogens is 1. The number of amides is 1. The largest absolute Gasteiger partial charge is 0.350 e. The van der Waals surface area contributed by atoms with Crippen LogP contribution in [0.3, 0.4) is 0 Å². The second-order valence-corrected chi connectivity index (χ2v) is 4.52. The average Bonchev–Trinajstić information content (AvgIpc) is 2.68. The lowest BCUT2D eigenvalue weighted by Crippen LogP contribution is -2.23. The molecule has 0 aliphatic carbocycles. The number of pyridine rings is 1. The van der Waals surface area contributed by atoms with Gasteiger partial charge in [-0.2, -0.15) is 0 Å². The number of rotatable bonds is 2. The average molecular weight is 250 g/mol. The van der Waals surface area contributed by atoms with Crippen LogP contribution in [0.4, 0.5) is 0 Å². The van der Waals surface area contributed by atoms with E-state index >= 15 is 0 Å². The summed E-state index contributed by atoms with van der Waals surface area (Å²) in [5.41, 5.74) is 1.35. The predicted octanol–water partition coefficient (Wildman–Crippen LogP) is 0.281. The van der Waals surface area contributed by atoms with Crippen molar-refractivity contribution in [1.29, 1.82) is 0 Å². The summed E-state index contributed by atoms with van der Waals surface area (Å²) < 4.78 is 0. The Balaban J connectivity index is 2.21. The van der Waals surface area contributed by atoms with Crippen LogP contribution in [0.25, 0.3) is 5.47 Å². The van der Waals surface area contributed by atoms with Crippen LogP contribution >= 0.6 is 11.6 Å². The number of hydrogen-bond acceptors (Lipinski definition) is 2. The van der Waals surface area contributed by atoms with Crippen LogP contribution in [0, 0.1) is 0 Å². The summed E-state index contributed by atoms with van der Waals surface area (Å²) in [6, 6.07) is 3.38. The van der Waals surface area contributed by atoms with Crippen LogP contribution in [0.5, 0.6) is 0 Å². The monoisotopic (exact) mass is 250 g/mol. The summed E-state index contributed by atoms with van der Waals surface area (Å²) >= 11 is 5.65. The van der Waals surface area contributed by atoms with Crippen molar-refractivity contribution in [2.24, 2.45) is 0 Å². The molecule has 1 aromatic rings. The van der Waals surface area contributed by atoms with E-state index in [1.54, 1.807) is 12.1 Å². The molecular formula is C11H12BClN2O2. The van der Waals surface area contributed by atoms with Crippen molar-refractivity contribution in [1.82, 2.24) is 10.3 Å². The molecule has 17 heavy (non-hydrogen) atoms. The van der Waals surface area contributed by atoms with Gasteiger partial charge in [-0.1, -0.05) is 23.1 Å². The van der Waals surface area contributed by atoms with Gasteiger partial charge in [0, 0.05) is 18.2 Å². The zero-order chi connectivity index (χ0) is 12.4. The SMILES string of the molecule is B/C(=C\[C@H]1CCC(=O)N1)c1ccc(Cl)c(=O)[nH]1. The summed E-state index contributed by atoms with van der Waals surface area (Å²) in [6.45, 7) is 0. The molecule has 1 fully saturated rings. The normalized spacial score (nSPS) is 20.4. The van der Waals surface area contributed by atoms with E-state index in [4.69, 9.17) is 11.6 Å². The molecule has 2 rings (SSSR count). The van der Waals surface area contributed by atoms with Crippen molar-refractivity contribution in [3.63, 3.8) is 0 Å². The van der Waals surface area contributed by atoms with E-state index in [2.05, 4.69) is 10.3 Å². The predicted molar refractivity (Wildman–Crippen MR) is 69.8 cm³/mol. The van der Waals surface area contributed by atoms with Gasteiger partial charge in [0.1, 0.15) is 12.9 Å². The molecule has 0 spiro atoms. The van der Waals surface area contributed by atoms with Crippen molar-refractivity contribution in [2.45, 2.75) is 18.9 Å². The Morgan fingerprint density at radius 3 is 2.82 bits per heavy atom. The van der Waals surface area contributed by atoms with Gasteiger partial charge in [-0.3, -0.25) is 9.59 Å². The molecule has 2 N–H and O–H groups in total. The molecule has 0 bridgehead atoms. The Kier molecular flexibility index (Phi) is 3.38. The summed E-state index contributed by atoms with van der Waals surface area (Å²) in [5.74, 6) is 0.0728. The molecule has 1 saturated heterocycles. The Hall–Kier alpha value is -1.49. The molecule has 0 radical (unpaired) electrons. The van der Waals surface area contributed by atoms with Crippen molar-refractivity contribution < 1.29 is 4.79 Å². The van der Waals surface area contributed by atoms with E-state index in [1.807, 2.05) is 13.9 Å². The fourth-order valence-corrected chi connectivity index (χ4v) is 1.95. The molecule has 2 heterocycles. The minimum atomic E-state index is -0.299. The zero-order valence-corrected chi connectivity index (χ0v) is 10.2. The number of nitrogens with one attached hydrogen (secondary N) is 2. The van der Waals surface area contributed by atoms with Gasteiger partial charge in [-0.15, -0.1) is 0 Å². The van der Waals surface area contributed by atoms with Crippen LogP contribution in [-0.2, 0) is 4.79 Å². The highest BCUT2D eigenvalue weighted by Crippen LogP contribution is 2.14. The Morgan fingerprint density at radius 2 is 2.24 bits per heavy atom. The lowest BCUT2D eigenvalue weighted by Gasteiger charge is -2.07. The molecule has 1 aliphatic rings. The smallest absolute Gasteiger partial charge is 0.267 e. The highest BCUT2D eigenvalue weighted by Gasteiger charge is 2.18. The van der Waals surface area contributed by atoms with Gasteiger partial charge >= 0.3 is 0 Å². The molecule has 88 valence electrons. The highest BCUT2D eigenvalue weighted by molar-refractivity contribution is 6.42. The van der Waals surface area contributed by atoms with Gasteiger partial charge in [0.25, 0.3) is 5.56 Å². The quantitative estimate of drug-likeness (QED) is 0.741. The number of halogens is 1. The lowest BCUT2D eigenvalue weighted by atomic mass is 9.90. The first-order chi connectivity index (χ1) is 8.06. The summed E-state index contributed by atoms with van der Waals surface area (Å²) in [5, 5.41) is 3.02. The van der Waals surface area contributed by atoms with Crippen LogP contribution in [0.2, 0.25) is 5.02 Å². The maximum atomic E-state index is 11.3. The van der Waals surface area contributed by atoms with E-state index in [-0.39, 0.29) is 22.5 Å². The molecule has 0 aromatic carbocycles. The molecule has 1 amide bonds. The van der Waals surface area contributed by atoms with E-state index in [1.165, 1.54) is 0 Å². The van der Waals surface area contributed by atoms with E-state index in [0.717, 1.165) is 17.6 Å². The number of hydrogen-bond donors (Lipinski definition) is 2. The Morgan fingerprint density at radius 1 is 1.47 bits per heavy atom. The van der Waals surface area contributed by atoms with Crippen LogP contribution in [0.1, 0.15) is 18.5 Å². The molecule has 4 nitrogen and oxygen atoms in total. The molecule has 0 unspecified atom stereocenters.